The first kappa shape index (κ1) is 9.47. The Morgan fingerprint density at radius 1 is 1.40 bits per heavy atom. The van der Waals surface area contributed by atoms with Crippen molar-refractivity contribution in [1.29, 1.82) is 0 Å². The standard InChI is InChI=1S/C9H7NO5/c11-7-5-3-1-2-4-6(5)10-9(7,14)15-8(12)13/h1-4,10,14H,(H,12,13). The molecule has 0 aromatic heterocycles. The maximum Gasteiger partial charge on any atom is 0.510 e. The van der Waals surface area contributed by atoms with Crippen LogP contribution >= 0.6 is 0 Å². The number of ketones is 1. The van der Waals surface area contributed by atoms with Gasteiger partial charge in [0.25, 0.3) is 5.78 Å². The van der Waals surface area contributed by atoms with E-state index in [-0.39, 0.29) is 5.56 Å². The molecule has 0 amide bonds. The molecule has 0 aliphatic carbocycles. The van der Waals surface area contributed by atoms with Crippen LogP contribution in [0, 0.1) is 0 Å². The number of hydrogen-bond donors (Lipinski definition) is 3. The van der Waals surface area contributed by atoms with Gasteiger partial charge in [-0.3, -0.25) is 4.79 Å². The average molecular weight is 209 g/mol. The van der Waals surface area contributed by atoms with E-state index in [1.54, 1.807) is 12.1 Å². The predicted octanol–water partition coefficient (Wildman–Crippen LogP) is 0.635. The van der Waals surface area contributed by atoms with Gasteiger partial charge < -0.3 is 20.3 Å². The van der Waals surface area contributed by atoms with Crippen molar-refractivity contribution in [2.45, 2.75) is 5.91 Å². The Hall–Kier alpha value is -2.08. The predicted molar refractivity (Wildman–Crippen MR) is 48.5 cm³/mol. The van der Waals surface area contributed by atoms with E-state index in [1.165, 1.54) is 12.1 Å². The molecule has 0 saturated carbocycles. The zero-order chi connectivity index (χ0) is 11.1. The lowest BCUT2D eigenvalue weighted by molar-refractivity contribution is -0.114. The van der Waals surface area contributed by atoms with Crippen LogP contribution in [0.2, 0.25) is 0 Å². The summed E-state index contributed by atoms with van der Waals surface area (Å²) in [6.07, 6.45) is -1.73. The highest BCUT2D eigenvalue weighted by Gasteiger charge is 2.47. The molecule has 1 aliphatic rings. The zero-order valence-electron chi connectivity index (χ0n) is 7.43. The van der Waals surface area contributed by atoms with Gasteiger partial charge in [-0.2, -0.15) is 0 Å². The Balaban J connectivity index is 2.38. The summed E-state index contributed by atoms with van der Waals surface area (Å²) in [5.41, 5.74) is 0.535. The van der Waals surface area contributed by atoms with E-state index in [4.69, 9.17) is 5.11 Å². The van der Waals surface area contributed by atoms with Gasteiger partial charge in [0.15, 0.2) is 0 Å². The molecule has 6 nitrogen and oxygen atoms in total. The number of benzene rings is 1. The largest absolute Gasteiger partial charge is 0.510 e. The van der Waals surface area contributed by atoms with Crippen LogP contribution in [0.3, 0.4) is 0 Å². The van der Waals surface area contributed by atoms with Crippen molar-refractivity contribution in [3.05, 3.63) is 29.8 Å². The van der Waals surface area contributed by atoms with Gasteiger partial charge in [0, 0.05) is 0 Å². The summed E-state index contributed by atoms with van der Waals surface area (Å²) in [5.74, 6) is -3.32. The highest BCUT2D eigenvalue weighted by molar-refractivity contribution is 6.11. The molecule has 3 N–H and O–H groups in total. The van der Waals surface area contributed by atoms with Gasteiger partial charge in [0.2, 0.25) is 0 Å². The van der Waals surface area contributed by atoms with Gasteiger partial charge in [0.1, 0.15) is 0 Å². The summed E-state index contributed by atoms with van der Waals surface area (Å²) in [4.78, 5) is 21.8. The van der Waals surface area contributed by atoms with Crippen molar-refractivity contribution >= 4 is 17.6 Å². The second kappa shape index (κ2) is 2.96. The Morgan fingerprint density at radius 3 is 2.67 bits per heavy atom. The lowest BCUT2D eigenvalue weighted by Gasteiger charge is -2.18. The molecule has 2 rings (SSSR count). The molecular formula is C9H7NO5. The normalized spacial score (nSPS) is 23.1. The van der Waals surface area contributed by atoms with Gasteiger partial charge in [-0.25, -0.2) is 4.79 Å². The fraction of sp³-hybridized carbons (Fsp3) is 0.111. The van der Waals surface area contributed by atoms with Crippen molar-refractivity contribution in [2.24, 2.45) is 0 Å². The number of anilines is 1. The van der Waals surface area contributed by atoms with Crippen molar-refractivity contribution < 1.29 is 24.5 Å². The lowest BCUT2D eigenvalue weighted by atomic mass is 10.1. The third kappa shape index (κ3) is 1.40. The molecule has 15 heavy (non-hydrogen) atoms. The molecule has 0 fully saturated rings. The van der Waals surface area contributed by atoms with E-state index in [2.05, 4.69) is 10.1 Å². The first-order valence-electron chi connectivity index (χ1n) is 4.09. The number of rotatable bonds is 1. The number of ether oxygens (including phenoxy) is 1. The van der Waals surface area contributed by atoms with Gasteiger partial charge in [-0.05, 0) is 12.1 Å². The average Bonchev–Trinajstić information content (AvgIpc) is 2.39. The maximum atomic E-state index is 11.6. The minimum Gasteiger partial charge on any atom is -0.450 e. The smallest absolute Gasteiger partial charge is 0.450 e. The van der Waals surface area contributed by atoms with E-state index in [0.29, 0.717) is 5.69 Å². The molecule has 0 radical (unpaired) electrons. The molecule has 0 spiro atoms. The van der Waals surface area contributed by atoms with Gasteiger partial charge in [-0.1, -0.05) is 12.1 Å². The number of carbonyl (C=O) groups excluding carboxylic acids is 1. The molecule has 1 heterocycles. The van der Waals surface area contributed by atoms with Crippen LogP contribution in [0.1, 0.15) is 10.4 Å². The molecule has 1 aromatic rings. The third-order valence-electron chi connectivity index (χ3n) is 2.02. The Kier molecular flexibility index (Phi) is 1.87. The number of fused-ring (bicyclic) bond motifs is 1. The molecule has 6 heteroatoms. The first-order chi connectivity index (χ1) is 7.03. The summed E-state index contributed by atoms with van der Waals surface area (Å²) < 4.78 is 4.10. The number of Topliss-reactive ketones (excluding diaryl/α,β-unsaturated/α-hetero) is 1. The van der Waals surface area contributed by atoms with Crippen LogP contribution in [0.4, 0.5) is 10.5 Å². The summed E-state index contributed by atoms with van der Waals surface area (Å²) >= 11 is 0. The molecule has 1 aliphatic heterocycles. The van der Waals surface area contributed by atoms with E-state index in [9.17, 15) is 14.7 Å². The van der Waals surface area contributed by atoms with Crippen LogP contribution in [-0.4, -0.2) is 28.1 Å². The van der Waals surface area contributed by atoms with Crippen LogP contribution in [0.15, 0.2) is 24.3 Å². The second-order valence-corrected chi connectivity index (χ2v) is 3.01. The number of aliphatic hydroxyl groups is 1. The minimum absolute atomic E-state index is 0.196. The molecule has 1 atom stereocenters. The number of carbonyl (C=O) groups is 2. The maximum absolute atomic E-state index is 11.6. The lowest BCUT2D eigenvalue weighted by Crippen LogP contribution is -2.45. The molecule has 0 bridgehead atoms. The fourth-order valence-electron chi connectivity index (χ4n) is 1.41. The van der Waals surface area contributed by atoms with Crippen molar-refractivity contribution in [2.75, 3.05) is 5.32 Å². The van der Waals surface area contributed by atoms with Gasteiger partial charge in [0.05, 0.1) is 11.3 Å². The Morgan fingerprint density at radius 2 is 2.07 bits per heavy atom. The van der Waals surface area contributed by atoms with Crippen LogP contribution in [0.25, 0.3) is 0 Å². The van der Waals surface area contributed by atoms with E-state index in [0.717, 1.165) is 0 Å². The highest BCUT2D eigenvalue weighted by atomic mass is 16.7. The van der Waals surface area contributed by atoms with Gasteiger partial charge in [-0.15, -0.1) is 0 Å². The third-order valence-corrected chi connectivity index (χ3v) is 2.02. The van der Waals surface area contributed by atoms with E-state index >= 15 is 0 Å². The summed E-state index contributed by atoms with van der Waals surface area (Å²) in [7, 11) is 0. The second-order valence-electron chi connectivity index (χ2n) is 3.01. The highest BCUT2D eigenvalue weighted by Crippen LogP contribution is 2.31. The van der Waals surface area contributed by atoms with Gasteiger partial charge >= 0.3 is 12.1 Å². The van der Waals surface area contributed by atoms with Crippen LogP contribution < -0.4 is 5.32 Å². The van der Waals surface area contributed by atoms with Crippen molar-refractivity contribution in [1.82, 2.24) is 0 Å². The number of carboxylic acid groups (broad SMARTS) is 1. The summed E-state index contributed by atoms with van der Waals surface area (Å²) in [6.45, 7) is 0. The summed E-state index contributed by atoms with van der Waals surface area (Å²) in [5, 5.41) is 20.2. The van der Waals surface area contributed by atoms with Crippen molar-refractivity contribution in [3.8, 4) is 0 Å². The molecule has 1 aromatic carbocycles. The Labute approximate surface area is 84.1 Å². The van der Waals surface area contributed by atoms with Crippen LogP contribution in [0.5, 0.6) is 0 Å². The zero-order valence-corrected chi connectivity index (χ0v) is 7.43. The first-order valence-corrected chi connectivity index (χ1v) is 4.09. The number of nitrogens with one attached hydrogen (secondary N) is 1. The Bertz CT molecular complexity index is 444. The molecule has 78 valence electrons. The quantitative estimate of drug-likeness (QED) is 0.464. The molecule has 0 saturated heterocycles. The fourth-order valence-corrected chi connectivity index (χ4v) is 1.41. The van der Waals surface area contributed by atoms with E-state index < -0.39 is 17.8 Å². The molecular weight excluding hydrogens is 202 g/mol. The topological polar surface area (TPSA) is 95.9 Å². The minimum atomic E-state index is -2.50. The SMILES string of the molecule is O=C(O)OC1(O)Nc2ccccc2C1=O. The molecule has 1 unspecified atom stereocenters. The number of para-hydroxylation sites is 1. The van der Waals surface area contributed by atoms with Crippen molar-refractivity contribution in [3.63, 3.8) is 0 Å². The summed E-state index contributed by atoms with van der Waals surface area (Å²) in [6, 6.07) is 6.25. The monoisotopic (exact) mass is 209 g/mol. The van der Waals surface area contributed by atoms with Crippen LogP contribution in [-0.2, 0) is 4.74 Å². The number of hydrogen-bond acceptors (Lipinski definition) is 5. The van der Waals surface area contributed by atoms with E-state index in [1.807, 2.05) is 0 Å².